The van der Waals surface area contributed by atoms with Crippen LogP contribution in [0.25, 0.3) is 0 Å². The number of rotatable bonds is 5. The van der Waals surface area contributed by atoms with E-state index in [-0.39, 0.29) is 17.9 Å². The molecule has 2 fully saturated rings. The van der Waals surface area contributed by atoms with Gasteiger partial charge in [-0.15, -0.1) is 0 Å². The first-order valence-electron chi connectivity index (χ1n) is 11.7. The van der Waals surface area contributed by atoms with E-state index in [0.717, 1.165) is 24.1 Å². The molecule has 0 N–H and O–H groups in total. The Balaban J connectivity index is 1.73. The Hall–Kier alpha value is -2.82. The summed E-state index contributed by atoms with van der Waals surface area (Å²) in [5.41, 5.74) is 2.02. The van der Waals surface area contributed by atoms with Gasteiger partial charge < -0.3 is 4.90 Å². The summed E-state index contributed by atoms with van der Waals surface area (Å²) in [6.45, 7) is 4.22. The normalized spacial score (nSPS) is 23.5. The third kappa shape index (κ3) is 3.35. The van der Waals surface area contributed by atoms with Crippen LogP contribution in [-0.4, -0.2) is 17.4 Å². The Bertz CT molecular complexity index is 1210. The Kier molecular flexibility index (Phi) is 5.91. The number of para-hydroxylation sites is 1. The van der Waals surface area contributed by atoms with E-state index in [9.17, 15) is 9.59 Å². The third-order valence-electron chi connectivity index (χ3n) is 7.58. The average molecular weight is 493 g/mol. The minimum absolute atomic E-state index is 0.125. The van der Waals surface area contributed by atoms with Gasteiger partial charge in [-0.3, -0.25) is 9.59 Å². The highest BCUT2D eigenvalue weighted by molar-refractivity contribution is 6.31. The first-order valence-corrected chi connectivity index (χ1v) is 12.4. The molecule has 0 saturated carbocycles. The van der Waals surface area contributed by atoms with Crippen molar-refractivity contribution in [1.82, 2.24) is 0 Å². The van der Waals surface area contributed by atoms with Crippen LogP contribution in [0, 0.1) is 11.8 Å². The van der Waals surface area contributed by atoms with Gasteiger partial charge in [-0.25, -0.2) is 4.90 Å². The average Bonchev–Trinajstić information content (AvgIpc) is 3.30. The van der Waals surface area contributed by atoms with E-state index in [4.69, 9.17) is 23.2 Å². The number of imide groups is 1. The number of carbonyl (C=O) groups excluding carboxylic acids is 2. The van der Waals surface area contributed by atoms with Crippen LogP contribution in [0.2, 0.25) is 10.0 Å². The van der Waals surface area contributed by atoms with Crippen molar-refractivity contribution in [1.29, 1.82) is 0 Å². The molecule has 3 atom stereocenters. The predicted molar refractivity (Wildman–Crippen MR) is 137 cm³/mol. The maximum atomic E-state index is 14.0. The van der Waals surface area contributed by atoms with Crippen LogP contribution in [-0.2, 0) is 9.59 Å². The highest BCUT2D eigenvalue weighted by atomic mass is 35.5. The second kappa shape index (κ2) is 8.75. The van der Waals surface area contributed by atoms with Gasteiger partial charge in [-0.1, -0.05) is 67.4 Å². The molecule has 0 spiro atoms. The first kappa shape index (κ1) is 22.9. The molecule has 34 heavy (non-hydrogen) atoms. The summed E-state index contributed by atoms with van der Waals surface area (Å²) in [6.07, 6.45) is 1.44. The summed E-state index contributed by atoms with van der Waals surface area (Å²) < 4.78 is 0. The van der Waals surface area contributed by atoms with E-state index in [1.807, 2.05) is 78.9 Å². The zero-order valence-corrected chi connectivity index (χ0v) is 20.6. The van der Waals surface area contributed by atoms with Gasteiger partial charge in [0.05, 0.1) is 29.1 Å². The smallest absolute Gasteiger partial charge is 0.240 e. The van der Waals surface area contributed by atoms with E-state index in [2.05, 4.69) is 18.7 Å². The number of anilines is 2. The zero-order chi connectivity index (χ0) is 24.0. The van der Waals surface area contributed by atoms with Gasteiger partial charge in [-0.05, 0) is 66.9 Å². The Morgan fingerprint density at radius 1 is 0.735 bits per heavy atom. The second-order valence-corrected chi connectivity index (χ2v) is 9.88. The lowest BCUT2D eigenvalue weighted by Crippen LogP contribution is -2.52. The second-order valence-electron chi connectivity index (χ2n) is 9.00. The van der Waals surface area contributed by atoms with Crippen LogP contribution in [0.4, 0.5) is 11.4 Å². The molecule has 5 rings (SSSR count). The fourth-order valence-electron chi connectivity index (χ4n) is 6.06. The van der Waals surface area contributed by atoms with Crippen LogP contribution >= 0.6 is 23.2 Å². The zero-order valence-electron chi connectivity index (χ0n) is 19.1. The van der Waals surface area contributed by atoms with Crippen molar-refractivity contribution in [2.24, 2.45) is 11.8 Å². The molecule has 0 aliphatic carbocycles. The Morgan fingerprint density at radius 2 is 1.29 bits per heavy atom. The fraction of sp³-hybridized carbons (Fsp3) is 0.286. The number of fused-ring (bicyclic) bond motifs is 1. The van der Waals surface area contributed by atoms with Crippen molar-refractivity contribution in [2.45, 2.75) is 38.3 Å². The minimum atomic E-state index is -0.529. The lowest BCUT2D eigenvalue weighted by molar-refractivity contribution is -0.123. The molecular formula is C28H26Cl2N2O2. The topological polar surface area (TPSA) is 40.6 Å². The lowest BCUT2D eigenvalue weighted by Gasteiger charge is -2.45. The van der Waals surface area contributed by atoms with E-state index in [0.29, 0.717) is 15.7 Å². The highest BCUT2D eigenvalue weighted by Gasteiger charge is 2.68. The molecule has 0 aromatic heterocycles. The number of hydrogen-bond acceptors (Lipinski definition) is 3. The van der Waals surface area contributed by atoms with Crippen molar-refractivity contribution in [2.75, 3.05) is 9.80 Å². The van der Waals surface area contributed by atoms with Crippen molar-refractivity contribution < 1.29 is 9.59 Å². The summed E-state index contributed by atoms with van der Waals surface area (Å²) in [5.74, 6) is -1.25. The Morgan fingerprint density at radius 3 is 1.85 bits per heavy atom. The fourth-order valence-corrected chi connectivity index (χ4v) is 6.31. The van der Waals surface area contributed by atoms with Crippen LogP contribution < -0.4 is 9.80 Å². The highest BCUT2D eigenvalue weighted by Crippen LogP contribution is 2.59. The summed E-state index contributed by atoms with van der Waals surface area (Å²) >= 11 is 12.4. The van der Waals surface area contributed by atoms with Gasteiger partial charge in [0.15, 0.2) is 0 Å². The van der Waals surface area contributed by atoms with Crippen molar-refractivity contribution >= 4 is 46.4 Å². The maximum Gasteiger partial charge on any atom is 0.240 e. The van der Waals surface area contributed by atoms with Gasteiger partial charge in [-0.2, -0.15) is 0 Å². The molecule has 174 valence electrons. The molecule has 2 heterocycles. The summed E-state index contributed by atoms with van der Waals surface area (Å²) in [5, 5.41) is 1.28. The number of amides is 2. The standard InChI is InChI=1S/C28H26Cl2N2O2/c1-3-28(4-2)24-23(26(33)31(27(24)34)21-8-6-5-7-9-21)25(18-10-12-19(29)13-11-18)32(28)22-16-14-20(30)15-17-22/h5-17,23-25H,3-4H2,1-2H3/t23-,24-,25+/m1/s1. The van der Waals surface area contributed by atoms with Crippen molar-refractivity contribution in [3.63, 3.8) is 0 Å². The van der Waals surface area contributed by atoms with E-state index in [1.165, 1.54) is 4.90 Å². The monoisotopic (exact) mass is 492 g/mol. The summed E-state index contributed by atoms with van der Waals surface area (Å²) in [4.78, 5) is 31.8. The predicted octanol–water partition coefficient (Wildman–Crippen LogP) is 6.92. The lowest BCUT2D eigenvalue weighted by atomic mass is 9.76. The maximum absolute atomic E-state index is 14.0. The van der Waals surface area contributed by atoms with Gasteiger partial charge in [0.25, 0.3) is 0 Å². The molecular weight excluding hydrogens is 467 g/mol. The van der Waals surface area contributed by atoms with Crippen molar-refractivity contribution in [3.05, 3.63) is 94.5 Å². The summed E-state index contributed by atoms with van der Waals surface area (Å²) in [7, 11) is 0. The molecule has 0 unspecified atom stereocenters. The van der Waals surface area contributed by atoms with E-state index < -0.39 is 17.4 Å². The molecule has 0 radical (unpaired) electrons. The Labute approximate surface area is 210 Å². The summed E-state index contributed by atoms with van der Waals surface area (Å²) in [6, 6.07) is 24.3. The number of nitrogens with zero attached hydrogens (tertiary/aromatic N) is 2. The van der Waals surface area contributed by atoms with Crippen molar-refractivity contribution in [3.8, 4) is 0 Å². The SMILES string of the molecule is CCC1(CC)[C@H]2C(=O)N(c3ccccc3)C(=O)[C@H]2[C@H](c2ccc(Cl)cc2)N1c1ccc(Cl)cc1. The first-order chi connectivity index (χ1) is 16.4. The minimum Gasteiger partial charge on any atom is -0.357 e. The third-order valence-corrected chi connectivity index (χ3v) is 8.09. The number of hydrogen-bond donors (Lipinski definition) is 0. The largest absolute Gasteiger partial charge is 0.357 e. The molecule has 3 aromatic rings. The van der Waals surface area contributed by atoms with Gasteiger partial charge >= 0.3 is 0 Å². The molecule has 6 heteroatoms. The van der Waals surface area contributed by atoms with Crippen LogP contribution in [0.1, 0.15) is 38.3 Å². The quantitative estimate of drug-likeness (QED) is 0.363. The number of carbonyl (C=O) groups is 2. The molecule has 0 bridgehead atoms. The number of benzene rings is 3. The van der Waals surface area contributed by atoms with Crippen LogP contribution in [0.3, 0.4) is 0 Å². The molecule has 2 aliphatic heterocycles. The van der Waals surface area contributed by atoms with Crippen LogP contribution in [0.5, 0.6) is 0 Å². The van der Waals surface area contributed by atoms with E-state index in [1.54, 1.807) is 0 Å². The molecule has 4 nitrogen and oxygen atoms in total. The van der Waals surface area contributed by atoms with Gasteiger partial charge in [0, 0.05) is 15.7 Å². The molecule has 3 aromatic carbocycles. The molecule has 2 amide bonds. The van der Waals surface area contributed by atoms with Crippen LogP contribution in [0.15, 0.2) is 78.9 Å². The van der Waals surface area contributed by atoms with Gasteiger partial charge in [0.2, 0.25) is 11.8 Å². The van der Waals surface area contributed by atoms with E-state index >= 15 is 0 Å². The number of halogens is 2. The molecule has 2 aliphatic rings. The van der Waals surface area contributed by atoms with Gasteiger partial charge in [0.1, 0.15) is 0 Å². The molecule has 2 saturated heterocycles.